The van der Waals surface area contributed by atoms with Crippen LogP contribution < -0.4 is 5.73 Å². The maximum atomic E-state index is 13.1. The van der Waals surface area contributed by atoms with E-state index >= 15 is 0 Å². The Hall–Kier alpha value is -0.960. The second kappa shape index (κ2) is 6.28. The van der Waals surface area contributed by atoms with Crippen LogP contribution in [-0.4, -0.2) is 6.04 Å². The van der Waals surface area contributed by atoms with Gasteiger partial charge in [-0.1, -0.05) is 38.2 Å². The summed E-state index contributed by atoms with van der Waals surface area (Å²) in [6.45, 7) is 0. The molecule has 0 spiro atoms. The third-order valence-corrected chi connectivity index (χ3v) is 3.84. The molecule has 0 saturated heterocycles. The molecule has 0 aliphatic heterocycles. The van der Waals surface area contributed by atoms with E-state index < -0.39 is 11.6 Å². The van der Waals surface area contributed by atoms with E-state index in [4.69, 9.17) is 5.73 Å². The van der Waals surface area contributed by atoms with E-state index in [9.17, 15) is 8.78 Å². The van der Waals surface area contributed by atoms with Gasteiger partial charge in [0.2, 0.25) is 0 Å². The summed E-state index contributed by atoms with van der Waals surface area (Å²) in [4.78, 5) is 0. The van der Waals surface area contributed by atoms with Crippen LogP contribution in [0.15, 0.2) is 18.2 Å². The molecule has 3 heteroatoms. The smallest absolute Gasteiger partial charge is 0.159 e. The van der Waals surface area contributed by atoms with E-state index in [1.807, 2.05) is 0 Å². The topological polar surface area (TPSA) is 26.0 Å². The lowest BCUT2D eigenvalue weighted by molar-refractivity contribution is 0.316. The van der Waals surface area contributed by atoms with Gasteiger partial charge in [-0.2, -0.15) is 0 Å². The Labute approximate surface area is 107 Å². The van der Waals surface area contributed by atoms with Crippen LogP contribution in [0.1, 0.15) is 44.1 Å². The van der Waals surface area contributed by atoms with Crippen LogP contribution in [0.4, 0.5) is 8.78 Å². The first kappa shape index (κ1) is 13.5. The zero-order chi connectivity index (χ0) is 13.0. The van der Waals surface area contributed by atoms with Crippen molar-refractivity contribution in [1.29, 1.82) is 0 Å². The molecule has 0 radical (unpaired) electrons. The van der Waals surface area contributed by atoms with Crippen LogP contribution in [0.5, 0.6) is 0 Å². The minimum Gasteiger partial charge on any atom is -0.327 e. The molecular weight excluding hydrogens is 232 g/mol. The van der Waals surface area contributed by atoms with E-state index in [0.29, 0.717) is 6.42 Å². The summed E-state index contributed by atoms with van der Waals surface area (Å²) in [6, 6.07) is 4.12. The summed E-state index contributed by atoms with van der Waals surface area (Å²) >= 11 is 0. The summed E-state index contributed by atoms with van der Waals surface area (Å²) < 4.78 is 25.9. The van der Waals surface area contributed by atoms with E-state index in [1.165, 1.54) is 44.2 Å². The molecule has 0 bridgehead atoms. The first-order chi connectivity index (χ1) is 8.65. The van der Waals surface area contributed by atoms with Crippen LogP contribution in [0, 0.1) is 17.6 Å². The van der Waals surface area contributed by atoms with Gasteiger partial charge in [-0.3, -0.25) is 0 Å². The Balaban J connectivity index is 1.85. The normalized spacial score (nSPS) is 18.8. The van der Waals surface area contributed by atoms with E-state index in [-0.39, 0.29) is 6.04 Å². The van der Waals surface area contributed by atoms with Gasteiger partial charge in [0.15, 0.2) is 11.6 Å². The van der Waals surface area contributed by atoms with Crippen LogP contribution in [0.3, 0.4) is 0 Å². The summed E-state index contributed by atoms with van der Waals surface area (Å²) in [6.07, 6.45) is 8.13. The molecule has 1 atom stereocenters. The highest BCUT2D eigenvalue weighted by Gasteiger charge is 2.17. The molecule has 0 amide bonds. The maximum Gasteiger partial charge on any atom is 0.159 e. The predicted molar refractivity (Wildman–Crippen MR) is 69.2 cm³/mol. The van der Waals surface area contributed by atoms with E-state index in [0.717, 1.165) is 17.9 Å². The summed E-state index contributed by atoms with van der Waals surface area (Å²) in [5, 5.41) is 0. The minimum absolute atomic E-state index is 0.0537. The number of halogens is 2. The predicted octanol–water partition coefficient (Wildman–Crippen LogP) is 3.81. The second-order valence-electron chi connectivity index (χ2n) is 5.45. The molecule has 0 heterocycles. The molecule has 1 fully saturated rings. The molecule has 18 heavy (non-hydrogen) atoms. The summed E-state index contributed by atoms with van der Waals surface area (Å²) in [5.74, 6) is -0.851. The second-order valence-corrected chi connectivity index (χ2v) is 5.45. The van der Waals surface area contributed by atoms with Crippen molar-refractivity contribution in [2.24, 2.45) is 11.7 Å². The van der Waals surface area contributed by atoms with Crippen molar-refractivity contribution in [2.45, 2.75) is 51.0 Å². The van der Waals surface area contributed by atoms with Gasteiger partial charge in [-0.25, -0.2) is 8.78 Å². The Bertz CT molecular complexity index is 386. The minimum atomic E-state index is -0.792. The van der Waals surface area contributed by atoms with Crippen molar-refractivity contribution in [3.63, 3.8) is 0 Å². The van der Waals surface area contributed by atoms with Crippen molar-refractivity contribution in [3.05, 3.63) is 35.4 Å². The zero-order valence-corrected chi connectivity index (χ0v) is 10.7. The lowest BCUT2D eigenvalue weighted by Crippen LogP contribution is -2.27. The molecule has 100 valence electrons. The fraction of sp³-hybridized carbons (Fsp3) is 0.600. The van der Waals surface area contributed by atoms with Gasteiger partial charge in [-0.15, -0.1) is 0 Å². The number of hydrogen-bond donors (Lipinski definition) is 1. The van der Waals surface area contributed by atoms with Crippen molar-refractivity contribution in [2.75, 3.05) is 0 Å². The molecule has 1 aliphatic rings. The lowest BCUT2D eigenvalue weighted by atomic mass is 9.84. The Morgan fingerprint density at radius 3 is 2.50 bits per heavy atom. The first-order valence-corrected chi connectivity index (χ1v) is 6.84. The molecule has 1 nitrogen and oxygen atoms in total. The molecule has 2 rings (SSSR count). The highest BCUT2D eigenvalue weighted by molar-refractivity contribution is 5.18. The van der Waals surface area contributed by atoms with Gasteiger partial charge in [0.05, 0.1) is 0 Å². The maximum absolute atomic E-state index is 13.1. The summed E-state index contributed by atoms with van der Waals surface area (Å²) in [5.41, 5.74) is 6.90. The molecule has 1 saturated carbocycles. The van der Waals surface area contributed by atoms with E-state index in [2.05, 4.69) is 0 Å². The molecule has 0 aromatic heterocycles. The third-order valence-electron chi connectivity index (χ3n) is 3.84. The third kappa shape index (κ3) is 3.77. The van der Waals surface area contributed by atoms with Crippen molar-refractivity contribution >= 4 is 0 Å². The number of hydrogen-bond acceptors (Lipinski definition) is 1. The number of rotatable bonds is 4. The molecule has 1 aromatic rings. The number of benzene rings is 1. The monoisotopic (exact) mass is 253 g/mol. The quantitative estimate of drug-likeness (QED) is 0.867. The Morgan fingerprint density at radius 1 is 1.11 bits per heavy atom. The van der Waals surface area contributed by atoms with Gasteiger partial charge in [0.1, 0.15) is 0 Å². The Morgan fingerprint density at radius 2 is 1.83 bits per heavy atom. The van der Waals surface area contributed by atoms with Gasteiger partial charge >= 0.3 is 0 Å². The van der Waals surface area contributed by atoms with Crippen molar-refractivity contribution in [1.82, 2.24) is 0 Å². The average Bonchev–Trinajstić information content (AvgIpc) is 2.35. The van der Waals surface area contributed by atoms with Gasteiger partial charge in [-0.05, 0) is 36.5 Å². The summed E-state index contributed by atoms with van der Waals surface area (Å²) in [7, 11) is 0. The largest absolute Gasteiger partial charge is 0.327 e. The Kier molecular flexibility index (Phi) is 4.70. The highest BCUT2D eigenvalue weighted by atomic mass is 19.2. The van der Waals surface area contributed by atoms with Crippen LogP contribution in [-0.2, 0) is 6.42 Å². The van der Waals surface area contributed by atoms with Gasteiger partial charge in [0, 0.05) is 6.04 Å². The van der Waals surface area contributed by atoms with Crippen molar-refractivity contribution < 1.29 is 8.78 Å². The van der Waals surface area contributed by atoms with Crippen LogP contribution >= 0.6 is 0 Å². The van der Waals surface area contributed by atoms with Crippen molar-refractivity contribution in [3.8, 4) is 0 Å². The SMILES string of the molecule is NC(Cc1ccc(F)c(F)c1)CC1CCCCC1. The van der Waals surface area contributed by atoms with Crippen LogP contribution in [0.25, 0.3) is 0 Å². The molecule has 1 unspecified atom stereocenters. The molecular formula is C15H21F2N. The van der Waals surface area contributed by atoms with Gasteiger partial charge in [0.25, 0.3) is 0 Å². The molecule has 1 aliphatic carbocycles. The number of nitrogens with two attached hydrogens (primary N) is 1. The standard InChI is InChI=1S/C15H21F2N/c16-14-7-6-12(10-15(14)17)9-13(18)8-11-4-2-1-3-5-11/h6-7,10-11,13H,1-5,8-9,18H2. The highest BCUT2D eigenvalue weighted by Crippen LogP contribution is 2.27. The molecule has 1 aromatic carbocycles. The van der Waals surface area contributed by atoms with Crippen LogP contribution in [0.2, 0.25) is 0 Å². The average molecular weight is 253 g/mol. The fourth-order valence-electron chi connectivity index (χ4n) is 2.90. The zero-order valence-electron chi connectivity index (χ0n) is 10.7. The molecule has 2 N–H and O–H groups in total. The first-order valence-electron chi connectivity index (χ1n) is 6.84. The van der Waals surface area contributed by atoms with E-state index in [1.54, 1.807) is 6.07 Å². The fourth-order valence-corrected chi connectivity index (χ4v) is 2.90. The van der Waals surface area contributed by atoms with Gasteiger partial charge < -0.3 is 5.73 Å². The lowest BCUT2D eigenvalue weighted by Gasteiger charge is -2.24.